The summed E-state index contributed by atoms with van der Waals surface area (Å²) in [6.07, 6.45) is 1.08. The van der Waals surface area contributed by atoms with Gasteiger partial charge in [0.2, 0.25) is 0 Å². The predicted molar refractivity (Wildman–Crippen MR) is 36.5 cm³/mol. The highest BCUT2D eigenvalue weighted by molar-refractivity contribution is 9.09. The molecule has 0 saturated carbocycles. The smallest absolute Gasteiger partial charge is 0.133 e. The van der Waals surface area contributed by atoms with E-state index < -0.39 is 0 Å². The van der Waals surface area contributed by atoms with Gasteiger partial charge in [0.1, 0.15) is 5.40 Å². The number of thiocyanates is 1. The monoisotopic (exact) mass is 179 g/mol. The number of hydrogen-bond acceptors (Lipinski definition) is 2. The van der Waals surface area contributed by atoms with Crippen molar-refractivity contribution in [2.45, 2.75) is 6.42 Å². The molecule has 0 amide bonds. The van der Waals surface area contributed by atoms with Crippen LogP contribution in [0.2, 0.25) is 0 Å². The maximum Gasteiger partial charge on any atom is 0.133 e. The van der Waals surface area contributed by atoms with Crippen LogP contribution in [0.15, 0.2) is 0 Å². The highest BCUT2D eigenvalue weighted by Crippen LogP contribution is 1.99. The van der Waals surface area contributed by atoms with Gasteiger partial charge in [-0.25, -0.2) is 0 Å². The van der Waals surface area contributed by atoms with E-state index in [9.17, 15) is 0 Å². The Bertz CT molecular complexity index is 68.6. The highest BCUT2D eigenvalue weighted by Gasteiger charge is 1.81. The van der Waals surface area contributed by atoms with Crippen LogP contribution < -0.4 is 0 Å². The molecule has 0 unspecified atom stereocenters. The van der Waals surface area contributed by atoms with Gasteiger partial charge in [-0.15, -0.1) is 0 Å². The zero-order valence-electron chi connectivity index (χ0n) is 3.85. The molecule has 0 aliphatic carbocycles. The molecule has 0 aliphatic rings. The van der Waals surface area contributed by atoms with Crippen LogP contribution in [0.1, 0.15) is 6.42 Å². The van der Waals surface area contributed by atoms with Gasteiger partial charge in [0.05, 0.1) is 0 Å². The van der Waals surface area contributed by atoms with Crippen LogP contribution in [0, 0.1) is 10.7 Å². The molecule has 0 radical (unpaired) electrons. The SMILES string of the molecule is N#CSCCCBr. The second kappa shape index (κ2) is 6.32. The first-order valence-corrected chi connectivity index (χ1v) is 4.09. The van der Waals surface area contributed by atoms with E-state index in [1.807, 2.05) is 5.40 Å². The van der Waals surface area contributed by atoms with Crippen molar-refractivity contribution in [3.05, 3.63) is 0 Å². The quantitative estimate of drug-likeness (QED) is 0.376. The van der Waals surface area contributed by atoms with E-state index in [1.54, 1.807) is 0 Å². The third-order valence-corrected chi connectivity index (χ3v) is 1.63. The predicted octanol–water partition coefficient (Wildman–Crippen LogP) is 1.99. The molecule has 7 heavy (non-hydrogen) atoms. The van der Waals surface area contributed by atoms with Crippen molar-refractivity contribution >= 4 is 27.7 Å². The maximum atomic E-state index is 7.99. The molecule has 0 N–H and O–H groups in total. The van der Waals surface area contributed by atoms with E-state index in [2.05, 4.69) is 15.9 Å². The molecule has 0 aromatic heterocycles. The normalized spacial score (nSPS) is 8.00. The summed E-state index contributed by atoms with van der Waals surface area (Å²) >= 11 is 4.57. The van der Waals surface area contributed by atoms with Crippen molar-refractivity contribution in [3.63, 3.8) is 0 Å². The fourth-order valence-corrected chi connectivity index (χ4v) is 1.20. The van der Waals surface area contributed by atoms with Crippen molar-refractivity contribution in [1.82, 2.24) is 0 Å². The number of thioether (sulfide) groups is 1. The molecule has 0 bridgehead atoms. The van der Waals surface area contributed by atoms with Crippen molar-refractivity contribution in [2.24, 2.45) is 0 Å². The largest absolute Gasteiger partial charge is 0.185 e. The number of nitriles is 1. The van der Waals surface area contributed by atoms with E-state index in [-0.39, 0.29) is 0 Å². The molecular weight excluding hydrogens is 174 g/mol. The lowest BCUT2D eigenvalue weighted by atomic mass is 10.6. The Balaban J connectivity index is 2.60. The molecule has 0 fully saturated rings. The number of alkyl halides is 1. The molecule has 3 heteroatoms. The zero-order chi connectivity index (χ0) is 5.54. The van der Waals surface area contributed by atoms with Gasteiger partial charge in [-0.1, -0.05) is 15.9 Å². The lowest BCUT2D eigenvalue weighted by Gasteiger charge is -1.82. The molecule has 0 saturated heterocycles. The Hall–Kier alpha value is 0.320. The third-order valence-electron chi connectivity index (χ3n) is 0.445. The van der Waals surface area contributed by atoms with Crippen molar-refractivity contribution < 1.29 is 0 Å². The number of nitrogens with zero attached hydrogens (tertiary/aromatic N) is 1. The topological polar surface area (TPSA) is 23.8 Å². The fourth-order valence-electron chi connectivity index (χ4n) is 0.172. The first-order chi connectivity index (χ1) is 3.41. The lowest BCUT2D eigenvalue weighted by Crippen LogP contribution is -1.75. The number of hydrogen-bond donors (Lipinski definition) is 0. The molecule has 0 atom stereocenters. The summed E-state index contributed by atoms with van der Waals surface area (Å²) in [7, 11) is 0. The van der Waals surface area contributed by atoms with Crippen LogP contribution in [-0.4, -0.2) is 11.1 Å². The van der Waals surface area contributed by atoms with E-state index in [4.69, 9.17) is 5.26 Å². The number of halogens is 1. The summed E-state index contributed by atoms with van der Waals surface area (Å²) in [6, 6.07) is 0. The standard InChI is InChI=1S/C4H6BrNS/c5-2-1-3-7-4-6/h1-3H2. The minimum Gasteiger partial charge on any atom is -0.185 e. The molecule has 0 aromatic carbocycles. The summed E-state index contributed by atoms with van der Waals surface area (Å²) < 4.78 is 0. The highest BCUT2D eigenvalue weighted by atomic mass is 79.9. The van der Waals surface area contributed by atoms with Gasteiger partial charge in [-0.05, 0) is 18.2 Å². The maximum absolute atomic E-state index is 7.99. The molecule has 40 valence electrons. The summed E-state index contributed by atoms with van der Waals surface area (Å²) in [5.74, 6) is 0.946. The second-order valence-corrected chi connectivity index (χ2v) is 2.65. The average molecular weight is 180 g/mol. The molecule has 0 aliphatic heterocycles. The van der Waals surface area contributed by atoms with Crippen LogP contribution in [0.25, 0.3) is 0 Å². The molecule has 1 nitrogen and oxygen atoms in total. The molecule has 0 spiro atoms. The lowest BCUT2D eigenvalue weighted by molar-refractivity contribution is 1.14. The molecular formula is C4H6BrNS. The van der Waals surface area contributed by atoms with Gasteiger partial charge < -0.3 is 0 Å². The van der Waals surface area contributed by atoms with E-state index in [0.717, 1.165) is 17.5 Å². The van der Waals surface area contributed by atoms with Gasteiger partial charge >= 0.3 is 0 Å². The zero-order valence-corrected chi connectivity index (χ0v) is 6.26. The third kappa shape index (κ3) is 6.32. The van der Waals surface area contributed by atoms with Gasteiger partial charge in [-0.2, -0.15) is 5.26 Å². The van der Waals surface area contributed by atoms with Crippen LogP contribution >= 0.6 is 27.7 Å². The summed E-state index contributed by atoms with van der Waals surface area (Å²) in [5, 5.41) is 11.0. The summed E-state index contributed by atoms with van der Waals surface area (Å²) in [4.78, 5) is 0. The Morgan fingerprint density at radius 3 is 2.86 bits per heavy atom. The minimum atomic E-state index is 0.946. The summed E-state index contributed by atoms with van der Waals surface area (Å²) in [5.41, 5.74) is 0. The van der Waals surface area contributed by atoms with Crippen LogP contribution in [0.4, 0.5) is 0 Å². The molecule has 0 aromatic rings. The van der Waals surface area contributed by atoms with Crippen LogP contribution in [0.5, 0.6) is 0 Å². The van der Waals surface area contributed by atoms with Crippen LogP contribution in [-0.2, 0) is 0 Å². The van der Waals surface area contributed by atoms with E-state index in [1.165, 1.54) is 11.8 Å². The van der Waals surface area contributed by atoms with Gasteiger partial charge in [0.25, 0.3) is 0 Å². The van der Waals surface area contributed by atoms with E-state index in [0.29, 0.717) is 0 Å². The Morgan fingerprint density at radius 2 is 2.43 bits per heavy atom. The summed E-state index contributed by atoms with van der Waals surface area (Å²) in [6.45, 7) is 0. The van der Waals surface area contributed by atoms with Crippen molar-refractivity contribution in [2.75, 3.05) is 11.1 Å². The first kappa shape index (κ1) is 7.32. The molecule has 0 rings (SSSR count). The van der Waals surface area contributed by atoms with Crippen molar-refractivity contribution in [1.29, 1.82) is 5.26 Å². The Labute approximate surface area is 56.2 Å². The Kier molecular flexibility index (Phi) is 6.61. The minimum absolute atomic E-state index is 0.946. The first-order valence-electron chi connectivity index (χ1n) is 1.98. The second-order valence-electron chi connectivity index (χ2n) is 0.982. The van der Waals surface area contributed by atoms with E-state index >= 15 is 0 Å². The van der Waals surface area contributed by atoms with Crippen molar-refractivity contribution in [3.8, 4) is 5.40 Å². The van der Waals surface area contributed by atoms with Gasteiger partial charge in [-0.3, -0.25) is 0 Å². The van der Waals surface area contributed by atoms with Gasteiger partial charge in [0.15, 0.2) is 0 Å². The average Bonchev–Trinajstić information content (AvgIpc) is 1.69. The van der Waals surface area contributed by atoms with Gasteiger partial charge in [0, 0.05) is 11.1 Å². The molecule has 0 heterocycles. The van der Waals surface area contributed by atoms with Crippen LogP contribution in [0.3, 0.4) is 0 Å². The fraction of sp³-hybridized carbons (Fsp3) is 0.750. The number of rotatable bonds is 3. The Morgan fingerprint density at radius 1 is 1.71 bits per heavy atom.